The van der Waals surface area contributed by atoms with Gasteiger partial charge in [0.1, 0.15) is 12.1 Å². The maximum Gasteiger partial charge on any atom is 0.289 e. The number of aromatic nitrogens is 1. The highest BCUT2D eigenvalue weighted by molar-refractivity contribution is 6.38. The predicted molar refractivity (Wildman–Crippen MR) is 140 cm³/mol. The summed E-state index contributed by atoms with van der Waals surface area (Å²) >= 11 is 0. The van der Waals surface area contributed by atoms with E-state index in [1.165, 1.54) is 0 Å². The molecule has 1 heterocycles. The Balaban J connectivity index is 1.68. The molecule has 0 bridgehead atoms. The molecule has 3 rings (SSSR count). The Labute approximate surface area is 216 Å². The van der Waals surface area contributed by atoms with Crippen LogP contribution in [-0.2, 0) is 37.6 Å². The van der Waals surface area contributed by atoms with E-state index in [0.29, 0.717) is 5.69 Å². The average molecular weight is 501 g/mol. The summed E-state index contributed by atoms with van der Waals surface area (Å²) in [5, 5.41) is 7.96. The zero-order valence-corrected chi connectivity index (χ0v) is 21.2. The lowest BCUT2D eigenvalue weighted by atomic mass is 9.83. The summed E-state index contributed by atoms with van der Waals surface area (Å²) in [6.45, 7) is 5.17. The Bertz CT molecular complexity index is 1210. The highest BCUT2D eigenvalue weighted by atomic mass is 16.2. The second-order valence-corrected chi connectivity index (χ2v) is 9.31. The van der Waals surface area contributed by atoms with E-state index in [2.05, 4.69) is 20.9 Å². The second-order valence-electron chi connectivity index (χ2n) is 9.31. The number of benzene rings is 2. The lowest BCUT2D eigenvalue weighted by Gasteiger charge is -2.27. The topological polar surface area (TPSA) is 117 Å². The van der Waals surface area contributed by atoms with E-state index in [4.69, 9.17) is 0 Å². The number of hydrogen-bond donors (Lipinski definition) is 3. The van der Waals surface area contributed by atoms with Crippen molar-refractivity contribution in [1.82, 2.24) is 20.9 Å². The first-order chi connectivity index (χ1) is 17.7. The van der Waals surface area contributed by atoms with E-state index in [0.717, 1.165) is 11.1 Å². The number of carbonyl (C=O) groups excluding carboxylic acids is 4. The van der Waals surface area contributed by atoms with Crippen molar-refractivity contribution in [2.75, 3.05) is 0 Å². The van der Waals surface area contributed by atoms with Gasteiger partial charge in [0, 0.05) is 12.6 Å². The number of Topliss-reactive ketones (excluding diaryl/α,β-unsaturated/α-hetero) is 1. The molecule has 2 aromatic carbocycles. The van der Waals surface area contributed by atoms with Gasteiger partial charge in [0.05, 0.1) is 17.7 Å². The van der Waals surface area contributed by atoms with E-state index in [-0.39, 0.29) is 18.9 Å². The minimum absolute atomic E-state index is 0.0818. The summed E-state index contributed by atoms with van der Waals surface area (Å²) in [6, 6.07) is 21.6. The third kappa shape index (κ3) is 7.57. The van der Waals surface area contributed by atoms with Gasteiger partial charge in [-0.25, -0.2) is 0 Å². The Morgan fingerprint density at radius 2 is 1.46 bits per heavy atom. The van der Waals surface area contributed by atoms with Crippen molar-refractivity contribution in [2.24, 2.45) is 0 Å². The van der Waals surface area contributed by atoms with E-state index in [1.54, 1.807) is 45.2 Å². The van der Waals surface area contributed by atoms with Crippen LogP contribution in [0.15, 0.2) is 85.1 Å². The van der Waals surface area contributed by atoms with E-state index < -0.39 is 35.1 Å². The zero-order valence-electron chi connectivity index (χ0n) is 21.2. The summed E-state index contributed by atoms with van der Waals surface area (Å²) in [6.07, 6.45) is 1.72. The Morgan fingerprint density at radius 3 is 2.08 bits per heavy atom. The SMILES string of the molecule is C[C@@H](NC(=O)C(C)(C)c1ccccc1)C(=O)N[C@H](Cc1ccccc1)C(=O)C(=O)NCc1ccccn1. The zero-order chi connectivity index (χ0) is 26.8. The van der Waals surface area contributed by atoms with Gasteiger partial charge in [-0.15, -0.1) is 0 Å². The molecule has 37 heavy (non-hydrogen) atoms. The first kappa shape index (κ1) is 27.3. The van der Waals surface area contributed by atoms with Crippen molar-refractivity contribution < 1.29 is 19.2 Å². The fourth-order valence-corrected chi connectivity index (χ4v) is 3.70. The van der Waals surface area contributed by atoms with Gasteiger partial charge < -0.3 is 16.0 Å². The quantitative estimate of drug-likeness (QED) is 0.350. The van der Waals surface area contributed by atoms with Crippen LogP contribution >= 0.6 is 0 Å². The van der Waals surface area contributed by atoms with Crippen molar-refractivity contribution in [3.63, 3.8) is 0 Å². The number of rotatable bonds is 11. The lowest BCUT2D eigenvalue weighted by Crippen LogP contribution is -2.55. The largest absolute Gasteiger partial charge is 0.344 e. The maximum atomic E-state index is 13.1. The summed E-state index contributed by atoms with van der Waals surface area (Å²) in [7, 11) is 0. The molecule has 3 amide bonds. The molecule has 192 valence electrons. The number of nitrogens with one attached hydrogen (secondary N) is 3. The fraction of sp³-hybridized carbons (Fsp3) is 0.276. The number of hydrogen-bond acceptors (Lipinski definition) is 5. The van der Waals surface area contributed by atoms with Gasteiger partial charge in [-0.05, 0) is 44.0 Å². The van der Waals surface area contributed by atoms with Crippen molar-refractivity contribution in [3.05, 3.63) is 102 Å². The van der Waals surface area contributed by atoms with Gasteiger partial charge in [0.15, 0.2) is 0 Å². The van der Waals surface area contributed by atoms with Crippen LogP contribution in [0.5, 0.6) is 0 Å². The minimum atomic E-state index is -1.11. The van der Waals surface area contributed by atoms with E-state index in [9.17, 15) is 19.2 Å². The van der Waals surface area contributed by atoms with Crippen LogP contribution < -0.4 is 16.0 Å². The highest BCUT2D eigenvalue weighted by Crippen LogP contribution is 2.23. The molecule has 0 aliphatic rings. The number of amides is 3. The fourth-order valence-electron chi connectivity index (χ4n) is 3.70. The third-order valence-corrected chi connectivity index (χ3v) is 6.10. The molecule has 8 heteroatoms. The molecule has 0 spiro atoms. The normalized spacial score (nSPS) is 12.6. The van der Waals surface area contributed by atoms with Gasteiger partial charge in [0.25, 0.3) is 5.91 Å². The van der Waals surface area contributed by atoms with Crippen LogP contribution in [0.3, 0.4) is 0 Å². The monoisotopic (exact) mass is 500 g/mol. The number of carbonyl (C=O) groups is 4. The van der Waals surface area contributed by atoms with Gasteiger partial charge in [-0.3, -0.25) is 24.2 Å². The molecule has 3 aromatic rings. The molecule has 0 fully saturated rings. The molecule has 0 unspecified atom stereocenters. The second kappa shape index (κ2) is 12.6. The molecule has 2 atom stereocenters. The summed E-state index contributed by atoms with van der Waals surface area (Å²) < 4.78 is 0. The molecule has 0 saturated heterocycles. The van der Waals surface area contributed by atoms with Crippen LogP contribution in [-0.4, -0.2) is 40.6 Å². The molecule has 1 aromatic heterocycles. The van der Waals surface area contributed by atoms with Gasteiger partial charge >= 0.3 is 0 Å². The summed E-state index contributed by atoms with van der Waals surface area (Å²) in [5.41, 5.74) is 1.31. The number of ketones is 1. The summed E-state index contributed by atoms with van der Waals surface area (Å²) in [4.78, 5) is 55.9. The molecular weight excluding hydrogens is 468 g/mol. The number of nitrogens with zero attached hydrogens (tertiary/aromatic N) is 1. The molecule has 0 radical (unpaired) electrons. The van der Waals surface area contributed by atoms with Gasteiger partial charge in [-0.2, -0.15) is 0 Å². The van der Waals surface area contributed by atoms with E-state index in [1.807, 2.05) is 60.7 Å². The first-order valence-corrected chi connectivity index (χ1v) is 12.1. The van der Waals surface area contributed by atoms with Crippen molar-refractivity contribution in [3.8, 4) is 0 Å². The van der Waals surface area contributed by atoms with Crippen molar-refractivity contribution in [1.29, 1.82) is 0 Å². The Hall–Kier alpha value is -4.33. The highest BCUT2D eigenvalue weighted by Gasteiger charge is 2.33. The molecular formula is C29H32N4O4. The molecule has 0 aliphatic carbocycles. The predicted octanol–water partition coefficient (Wildman–Crippen LogP) is 2.48. The smallest absolute Gasteiger partial charge is 0.289 e. The van der Waals surface area contributed by atoms with Crippen LogP contribution in [0.1, 0.15) is 37.6 Å². The molecule has 3 N–H and O–H groups in total. The van der Waals surface area contributed by atoms with Crippen molar-refractivity contribution in [2.45, 2.75) is 51.2 Å². The van der Waals surface area contributed by atoms with Crippen molar-refractivity contribution >= 4 is 23.5 Å². The lowest BCUT2D eigenvalue weighted by molar-refractivity contribution is -0.140. The Morgan fingerprint density at radius 1 is 0.838 bits per heavy atom. The van der Waals surface area contributed by atoms with Crippen LogP contribution in [0.25, 0.3) is 0 Å². The standard InChI is InChI=1S/C29H32N4O4/c1-20(32-28(37)29(2,3)22-14-8-5-9-15-22)26(35)33-24(18-21-12-6-4-7-13-21)25(34)27(36)31-19-23-16-10-11-17-30-23/h4-17,20,24H,18-19H2,1-3H3,(H,31,36)(H,32,37)(H,33,35)/t20-,24-/m1/s1. The minimum Gasteiger partial charge on any atom is -0.344 e. The van der Waals surface area contributed by atoms with Gasteiger partial charge in [0.2, 0.25) is 17.6 Å². The molecule has 0 saturated carbocycles. The molecule has 0 aliphatic heterocycles. The maximum absolute atomic E-state index is 13.1. The van der Waals surface area contributed by atoms with Crippen LogP contribution in [0, 0.1) is 0 Å². The van der Waals surface area contributed by atoms with Crippen LogP contribution in [0.4, 0.5) is 0 Å². The number of pyridine rings is 1. The van der Waals surface area contributed by atoms with Crippen LogP contribution in [0.2, 0.25) is 0 Å². The van der Waals surface area contributed by atoms with E-state index >= 15 is 0 Å². The average Bonchev–Trinajstić information content (AvgIpc) is 2.92. The molecule has 8 nitrogen and oxygen atoms in total. The van der Waals surface area contributed by atoms with Gasteiger partial charge in [-0.1, -0.05) is 66.7 Å². The summed E-state index contributed by atoms with van der Waals surface area (Å²) in [5.74, 6) is -2.51. The first-order valence-electron chi connectivity index (χ1n) is 12.1. The third-order valence-electron chi connectivity index (χ3n) is 6.10. The Kier molecular flexibility index (Phi) is 9.27.